The summed E-state index contributed by atoms with van der Waals surface area (Å²) in [6.45, 7) is 1.33. The molecule has 0 saturated heterocycles. The molecule has 0 aliphatic heterocycles. The van der Waals surface area contributed by atoms with Gasteiger partial charge in [0.2, 0.25) is 0 Å². The second-order valence-corrected chi connectivity index (χ2v) is 5.35. The Hall–Kier alpha value is -1.36. The molecule has 1 aliphatic carbocycles. The van der Waals surface area contributed by atoms with Crippen LogP contribution in [0.25, 0.3) is 0 Å². The molecular formula is C13H22N4O. The van der Waals surface area contributed by atoms with Gasteiger partial charge in [-0.1, -0.05) is 19.3 Å². The molecule has 1 aromatic heterocycles. The number of hydrogen-bond donors (Lipinski definition) is 2. The lowest BCUT2D eigenvalue weighted by molar-refractivity contribution is 0.0914. The van der Waals surface area contributed by atoms with E-state index >= 15 is 0 Å². The van der Waals surface area contributed by atoms with E-state index < -0.39 is 0 Å². The van der Waals surface area contributed by atoms with E-state index in [1.807, 2.05) is 0 Å². The molecule has 18 heavy (non-hydrogen) atoms. The van der Waals surface area contributed by atoms with Crippen molar-refractivity contribution in [1.29, 1.82) is 0 Å². The van der Waals surface area contributed by atoms with Crippen LogP contribution >= 0.6 is 0 Å². The van der Waals surface area contributed by atoms with Crippen LogP contribution in [0.5, 0.6) is 0 Å². The summed E-state index contributed by atoms with van der Waals surface area (Å²) >= 11 is 0. The summed E-state index contributed by atoms with van der Waals surface area (Å²) < 4.78 is 1.63. The Kier molecular flexibility index (Phi) is 4.01. The van der Waals surface area contributed by atoms with E-state index in [4.69, 9.17) is 5.73 Å². The van der Waals surface area contributed by atoms with Gasteiger partial charge in [0.05, 0.1) is 11.8 Å². The van der Waals surface area contributed by atoms with Gasteiger partial charge in [-0.25, -0.2) is 0 Å². The molecule has 1 amide bonds. The maximum atomic E-state index is 12.0. The first-order valence-corrected chi connectivity index (χ1v) is 6.62. The molecule has 3 N–H and O–H groups in total. The predicted molar refractivity (Wildman–Crippen MR) is 70.1 cm³/mol. The monoisotopic (exact) mass is 250 g/mol. The van der Waals surface area contributed by atoms with Crippen molar-refractivity contribution < 1.29 is 4.79 Å². The summed E-state index contributed by atoms with van der Waals surface area (Å²) in [5.74, 6) is -0.0542. The molecule has 2 rings (SSSR count). The van der Waals surface area contributed by atoms with Crippen LogP contribution < -0.4 is 11.1 Å². The van der Waals surface area contributed by atoms with E-state index in [2.05, 4.69) is 10.4 Å². The van der Waals surface area contributed by atoms with E-state index in [0.717, 1.165) is 12.8 Å². The summed E-state index contributed by atoms with van der Waals surface area (Å²) in [6.07, 6.45) is 9.29. The average molecular weight is 250 g/mol. The van der Waals surface area contributed by atoms with Gasteiger partial charge in [-0.2, -0.15) is 5.10 Å². The van der Waals surface area contributed by atoms with E-state index in [-0.39, 0.29) is 11.3 Å². The normalized spacial score (nSPS) is 18.6. The fourth-order valence-electron chi connectivity index (χ4n) is 2.66. The molecule has 0 atom stereocenters. The fourth-order valence-corrected chi connectivity index (χ4v) is 2.66. The number of hydrogen-bond acceptors (Lipinski definition) is 3. The van der Waals surface area contributed by atoms with Crippen LogP contribution in [-0.2, 0) is 7.05 Å². The van der Waals surface area contributed by atoms with Crippen LogP contribution in [0.2, 0.25) is 0 Å². The summed E-state index contributed by atoms with van der Waals surface area (Å²) in [5.41, 5.74) is 6.62. The highest BCUT2D eigenvalue weighted by Gasteiger charge is 2.31. The third kappa shape index (κ3) is 2.90. The lowest BCUT2D eigenvalue weighted by Crippen LogP contribution is -2.43. The Balaban J connectivity index is 1.91. The van der Waals surface area contributed by atoms with E-state index in [1.165, 1.54) is 19.3 Å². The van der Waals surface area contributed by atoms with Crippen LogP contribution in [0, 0.1) is 5.41 Å². The third-order valence-electron chi connectivity index (χ3n) is 3.94. The van der Waals surface area contributed by atoms with Crippen molar-refractivity contribution in [1.82, 2.24) is 15.1 Å². The number of nitrogens with two attached hydrogens (primary N) is 1. The highest BCUT2D eigenvalue weighted by Crippen LogP contribution is 2.34. The molecule has 1 saturated carbocycles. The molecule has 0 bridgehead atoms. The molecule has 1 aliphatic rings. The zero-order valence-corrected chi connectivity index (χ0v) is 11.0. The lowest BCUT2D eigenvalue weighted by Gasteiger charge is -2.36. The Labute approximate surface area is 108 Å². The molecule has 100 valence electrons. The summed E-state index contributed by atoms with van der Waals surface area (Å²) in [4.78, 5) is 12.0. The van der Waals surface area contributed by atoms with Crippen LogP contribution in [-0.4, -0.2) is 28.8 Å². The number of aromatic nitrogens is 2. The molecule has 5 nitrogen and oxygen atoms in total. The Morgan fingerprint density at radius 3 is 2.78 bits per heavy atom. The second kappa shape index (κ2) is 5.52. The molecule has 0 unspecified atom stereocenters. The fraction of sp³-hybridized carbons (Fsp3) is 0.692. The van der Waals surface area contributed by atoms with Crippen molar-refractivity contribution in [2.45, 2.75) is 32.1 Å². The highest BCUT2D eigenvalue weighted by molar-refractivity contribution is 5.93. The number of nitrogens with zero attached hydrogens (tertiary/aromatic N) is 2. The zero-order valence-electron chi connectivity index (χ0n) is 11.0. The second-order valence-electron chi connectivity index (χ2n) is 5.35. The van der Waals surface area contributed by atoms with Crippen LogP contribution in [0.1, 0.15) is 42.5 Å². The van der Waals surface area contributed by atoms with Crippen molar-refractivity contribution in [2.24, 2.45) is 18.2 Å². The number of carbonyl (C=O) groups is 1. The van der Waals surface area contributed by atoms with Gasteiger partial charge in [0.15, 0.2) is 0 Å². The topological polar surface area (TPSA) is 72.9 Å². The minimum Gasteiger partial charge on any atom is -0.351 e. The van der Waals surface area contributed by atoms with Crippen molar-refractivity contribution >= 4 is 5.91 Å². The van der Waals surface area contributed by atoms with E-state index in [1.54, 1.807) is 24.1 Å². The molecule has 1 fully saturated rings. The molecule has 0 spiro atoms. The van der Waals surface area contributed by atoms with Crippen molar-refractivity contribution in [3.8, 4) is 0 Å². The van der Waals surface area contributed by atoms with E-state index in [9.17, 15) is 4.79 Å². The third-order valence-corrected chi connectivity index (χ3v) is 3.94. The average Bonchev–Trinajstić information content (AvgIpc) is 2.84. The van der Waals surface area contributed by atoms with Gasteiger partial charge >= 0.3 is 0 Å². The van der Waals surface area contributed by atoms with E-state index in [0.29, 0.717) is 18.7 Å². The summed E-state index contributed by atoms with van der Waals surface area (Å²) in [7, 11) is 1.80. The quantitative estimate of drug-likeness (QED) is 0.839. The van der Waals surface area contributed by atoms with Crippen molar-refractivity contribution in [2.75, 3.05) is 13.1 Å². The largest absolute Gasteiger partial charge is 0.351 e. The standard InChI is InChI=1S/C13H22N4O/c1-17-8-11(7-16-17)12(18)15-10-13(9-14)5-3-2-4-6-13/h7-8H,2-6,9-10,14H2,1H3,(H,15,18). The highest BCUT2D eigenvalue weighted by atomic mass is 16.1. The first kappa shape index (κ1) is 13.1. The van der Waals surface area contributed by atoms with Gasteiger partial charge in [-0.05, 0) is 24.8 Å². The maximum Gasteiger partial charge on any atom is 0.254 e. The number of rotatable bonds is 4. The van der Waals surface area contributed by atoms with Gasteiger partial charge in [0.1, 0.15) is 0 Å². The first-order valence-electron chi connectivity index (χ1n) is 6.62. The number of nitrogens with one attached hydrogen (secondary N) is 1. The van der Waals surface area contributed by atoms with Crippen molar-refractivity contribution in [3.63, 3.8) is 0 Å². The summed E-state index contributed by atoms with van der Waals surface area (Å²) in [6, 6.07) is 0. The number of carbonyl (C=O) groups excluding carboxylic acids is 1. The summed E-state index contributed by atoms with van der Waals surface area (Å²) in [5, 5.41) is 7.00. The van der Waals surface area contributed by atoms with Gasteiger partial charge in [0.25, 0.3) is 5.91 Å². The molecule has 1 aromatic rings. The molecule has 5 heteroatoms. The number of amides is 1. The van der Waals surface area contributed by atoms with Crippen LogP contribution in [0.3, 0.4) is 0 Å². The van der Waals surface area contributed by atoms with Gasteiger partial charge in [0, 0.05) is 19.8 Å². The Morgan fingerprint density at radius 1 is 1.50 bits per heavy atom. The molecule has 0 aromatic carbocycles. The van der Waals surface area contributed by atoms with Crippen molar-refractivity contribution in [3.05, 3.63) is 18.0 Å². The van der Waals surface area contributed by atoms with Crippen LogP contribution in [0.4, 0.5) is 0 Å². The Morgan fingerprint density at radius 2 is 2.22 bits per heavy atom. The van der Waals surface area contributed by atoms with Crippen LogP contribution in [0.15, 0.2) is 12.4 Å². The minimum absolute atomic E-state index is 0.0542. The zero-order chi connectivity index (χ0) is 13.0. The lowest BCUT2D eigenvalue weighted by atomic mass is 9.74. The first-order chi connectivity index (χ1) is 8.65. The van der Waals surface area contributed by atoms with Gasteiger partial charge < -0.3 is 11.1 Å². The molecular weight excluding hydrogens is 228 g/mol. The van der Waals surface area contributed by atoms with Gasteiger partial charge in [-0.15, -0.1) is 0 Å². The van der Waals surface area contributed by atoms with Gasteiger partial charge in [-0.3, -0.25) is 9.48 Å². The maximum absolute atomic E-state index is 12.0. The number of aryl methyl sites for hydroxylation is 1. The minimum atomic E-state index is -0.0542. The molecule has 1 heterocycles. The smallest absolute Gasteiger partial charge is 0.254 e. The Bertz CT molecular complexity index is 407. The molecule has 0 radical (unpaired) electrons. The predicted octanol–water partition coefficient (Wildman–Crippen LogP) is 1.06. The SMILES string of the molecule is Cn1cc(C(=O)NCC2(CN)CCCCC2)cn1.